The molecule has 34 heavy (non-hydrogen) atoms. The van der Waals surface area contributed by atoms with E-state index in [2.05, 4.69) is 49.4 Å². The third kappa shape index (κ3) is 3.44. The van der Waals surface area contributed by atoms with Crippen molar-refractivity contribution < 1.29 is 4.74 Å². The fraction of sp³-hybridized carbons (Fsp3) is 0.172. The zero-order chi connectivity index (χ0) is 23.2. The van der Waals surface area contributed by atoms with E-state index in [9.17, 15) is 4.79 Å². The molecule has 5 heteroatoms. The van der Waals surface area contributed by atoms with Crippen LogP contribution in [0.15, 0.2) is 88.2 Å². The summed E-state index contributed by atoms with van der Waals surface area (Å²) in [4.78, 5) is 19.6. The molecule has 0 radical (unpaired) electrons. The van der Waals surface area contributed by atoms with Gasteiger partial charge in [-0.1, -0.05) is 77.6 Å². The highest BCUT2D eigenvalue weighted by Crippen LogP contribution is 2.41. The first-order chi connectivity index (χ1) is 16.6. The van der Waals surface area contributed by atoms with Gasteiger partial charge >= 0.3 is 0 Å². The van der Waals surface area contributed by atoms with Gasteiger partial charge in [0.2, 0.25) is 0 Å². The Morgan fingerprint density at radius 2 is 1.88 bits per heavy atom. The molecule has 0 saturated heterocycles. The molecule has 0 unspecified atom stereocenters. The van der Waals surface area contributed by atoms with E-state index in [1.165, 1.54) is 33.6 Å². The monoisotopic (exact) mass is 464 g/mol. The van der Waals surface area contributed by atoms with Crippen LogP contribution in [0.25, 0.3) is 11.8 Å². The second kappa shape index (κ2) is 8.26. The number of benzene rings is 3. The number of nitrogens with zero attached hydrogens (tertiary/aromatic N) is 2. The van der Waals surface area contributed by atoms with Crippen molar-refractivity contribution in [2.75, 3.05) is 7.11 Å². The molecule has 4 aromatic rings. The third-order valence-corrected chi connectivity index (χ3v) is 7.61. The summed E-state index contributed by atoms with van der Waals surface area (Å²) in [6, 6.07) is 24.6. The molecule has 2 aliphatic rings. The van der Waals surface area contributed by atoms with Crippen molar-refractivity contribution in [3.63, 3.8) is 0 Å². The van der Waals surface area contributed by atoms with Crippen molar-refractivity contribution in [1.29, 1.82) is 0 Å². The highest BCUT2D eigenvalue weighted by Gasteiger charge is 2.32. The Balaban J connectivity index is 1.63. The van der Waals surface area contributed by atoms with Gasteiger partial charge in [-0.3, -0.25) is 9.36 Å². The molecule has 3 aromatic carbocycles. The molecule has 1 aliphatic heterocycles. The van der Waals surface area contributed by atoms with Crippen LogP contribution in [0.2, 0.25) is 0 Å². The lowest BCUT2D eigenvalue weighted by Gasteiger charge is -2.31. The van der Waals surface area contributed by atoms with Gasteiger partial charge in [-0.2, -0.15) is 0 Å². The Labute approximate surface area is 201 Å². The maximum absolute atomic E-state index is 13.8. The van der Waals surface area contributed by atoms with Crippen LogP contribution < -0.4 is 19.6 Å². The van der Waals surface area contributed by atoms with E-state index in [4.69, 9.17) is 9.73 Å². The minimum atomic E-state index is -0.200. The molecule has 0 fully saturated rings. The molecule has 0 bridgehead atoms. The number of thiazole rings is 1. The molecule has 1 atom stereocenters. The lowest BCUT2D eigenvalue weighted by Crippen LogP contribution is -2.38. The summed E-state index contributed by atoms with van der Waals surface area (Å²) in [7, 11) is 1.67. The lowest BCUT2D eigenvalue weighted by atomic mass is 9.83. The second-order valence-electron chi connectivity index (χ2n) is 8.80. The predicted octanol–water partition coefficient (Wildman–Crippen LogP) is 4.64. The maximum Gasteiger partial charge on any atom is 0.271 e. The summed E-state index contributed by atoms with van der Waals surface area (Å²) in [6.45, 7) is 2.06. The van der Waals surface area contributed by atoms with Gasteiger partial charge in [-0.25, -0.2) is 4.99 Å². The molecule has 4 nitrogen and oxygen atoms in total. The van der Waals surface area contributed by atoms with Crippen LogP contribution in [0.3, 0.4) is 0 Å². The van der Waals surface area contributed by atoms with Crippen molar-refractivity contribution in [1.82, 2.24) is 4.57 Å². The van der Waals surface area contributed by atoms with Crippen LogP contribution in [0.5, 0.6) is 5.75 Å². The standard InChI is InChI=1S/C29H24N2O2S/c1-18-7-5-8-19(15-18)16-25-28(32)31-27(21-10-6-11-22(17-21)33-2)24-14-13-20-9-3-4-12-23(20)26(24)30-29(31)34-25/h3-12,15-17,27H,13-14H2,1-2H3/b25-16-/t27-/m1/s1. The number of fused-ring (bicyclic) bond motifs is 3. The van der Waals surface area contributed by atoms with Gasteiger partial charge in [0, 0.05) is 5.56 Å². The van der Waals surface area contributed by atoms with E-state index >= 15 is 0 Å². The Morgan fingerprint density at radius 3 is 2.74 bits per heavy atom. The van der Waals surface area contributed by atoms with E-state index in [-0.39, 0.29) is 11.6 Å². The topological polar surface area (TPSA) is 43.6 Å². The Morgan fingerprint density at radius 1 is 1.03 bits per heavy atom. The highest BCUT2D eigenvalue weighted by atomic mass is 32.1. The van der Waals surface area contributed by atoms with Crippen molar-refractivity contribution in [2.45, 2.75) is 25.8 Å². The Kier molecular flexibility index (Phi) is 5.07. The van der Waals surface area contributed by atoms with Crippen LogP contribution >= 0.6 is 11.3 Å². The average molecular weight is 465 g/mol. The molecular formula is C29H24N2O2S. The van der Waals surface area contributed by atoms with E-state index in [1.807, 2.05) is 41.0 Å². The van der Waals surface area contributed by atoms with Crippen LogP contribution in [-0.4, -0.2) is 11.7 Å². The number of hydrogen-bond acceptors (Lipinski definition) is 4. The maximum atomic E-state index is 13.8. The van der Waals surface area contributed by atoms with Gasteiger partial charge in [0.05, 0.1) is 23.4 Å². The van der Waals surface area contributed by atoms with E-state index in [0.29, 0.717) is 4.53 Å². The summed E-state index contributed by atoms with van der Waals surface area (Å²) >= 11 is 1.46. The van der Waals surface area contributed by atoms with E-state index in [1.54, 1.807) is 7.11 Å². The van der Waals surface area contributed by atoms with Crippen molar-refractivity contribution >= 4 is 23.1 Å². The van der Waals surface area contributed by atoms with Gasteiger partial charge in [-0.05, 0) is 60.2 Å². The number of allylic oxidation sites excluding steroid dienone is 1. The smallest absolute Gasteiger partial charge is 0.271 e. The molecule has 0 amide bonds. The summed E-state index contributed by atoms with van der Waals surface area (Å²) in [5.41, 5.74) is 7.94. The third-order valence-electron chi connectivity index (χ3n) is 6.62. The number of hydrogen-bond donors (Lipinski definition) is 0. The van der Waals surface area contributed by atoms with Gasteiger partial charge < -0.3 is 4.74 Å². The van der Waals surface area contributed by atoms with Crippen LogP contribution in [0, 0.1) is 6.92 Å². The van der Waals surface area contributed by atoms with Crippen LogP contribution in [0.1, 0.15) is 40.3 Å². The minimum absolute atomic E-state index is 0.00323. The zero-order valence-corrected chi connectivity index (χ0v) is 19.9. The highest BCUT2D eigenvalue weighted by molar-refractivity contribution is 7.07. The average Bonchev–Trinajstić information content (AvgIpc) is 3.17. The van der Waals surface area contributed by atoms with E-state index in [0.717, 1.165) is 40.2 Å². The second-order valence-corrected chi connectivity index (χ2v) is 9.81. The molecule has 168 valence electrons. The molecule has 1 aliphatic carbocycles. The first-order valence-corrected chi connectivity index (χ1v) is 12.3. The summed E-state index contributed by atoms with van der Waals surface area (Å²) < 4.78 is 8.10. The normalized spacial score (nSPS) is 17.0. The van der Waals surface area contributed by atoms with Crippen LogP contribution in [-0.2, 0) is 6.42 Å². The van der Waals surface area contributed by atoms with Crippen molar-refractivity contribution in [2.24, 2.45) is 4.99 Å². The number of ether oxygens (including phenoxy) is 1. The quantitative estimate of drug-likeness (QED) is 0.444. The van der Waals surface area contributed by atoms with Gasteiger partial charge in [-0.15, -0.1) is 0 Å². The Hall–Kier alpha value is -3.70. The number of aromatic nitrogens is 1. The molecule has 6 rings (SSSR count). The van der Waals surface area contributed by atoms with E-state index < -0.39 is 0 Å². The lowest BCUT2D eigenvalue weighted by molar-refractivity contribution is 0.413. The largest absolute Gasteiger partial charge is 0.497 e. The van der Waals surface area contributed by atoms with Gasteiger partial charge in [0.25, 0.3) is 5.56 Å². The minimum Gasteiger partial charge on any atom is -0.497 e. The summed E-state index contributed by atoms with van der Waals surface area (Å²) in [5, 5.41) is 0. The fourth-order valence-corrected chi connectivity index (χ4v) is 6.05. The van der Waals surface area contributed by atoms with Crippen molar-refractivity contribution in [3.8, 4) is 5.75 Å². The summed E-state index contributed by atoms with van der Waals surface area (Å²) in [6.07, 6.45) is 3.80. The number of rotatable bonds is 3. The van der Waals surface area contributed by atoms with Gasteiger partial charge in [0.15, 0.2) is 4.80 Å². The first-order valence-electron chi connectivity index (χ1n) is 11.5. The van der Waals surface area contributed by atoms with Crippen LogP contribution in [0.4, 0.5) is 0 Å². The number of methoxy groups -OCH3 is 1. The zero-order valence-electron chi connectivity index (χ0n) is 19.1. The SMILES string of the molecule is COc1cccc([C@@H]2C3=C(N=c4s/c(=C\c5cccc(C)c5)c(=O)n42)c2ccccc2CC3)c1. The van der Waals surface area contributed by atoms with Gasteiger partial charge in [0.1, 0.15) is 5.75 Å². The molecular weight excluding hydrogens is 440 g/mol. The molecule has 1 aromatic heterocycles. The molecule has 0 spiro atoms. The predicted molar refractivity (Wildman–Crippen MR) is 137 cm³/mol. The summed E-state index contributed by atoms with van der Waals surface area (Å²) in [5.74, 6) is 0.787. The molecule has 0 N–H and O–H groups in total. The first kappa shape index (κ1) is 20.9. The Bertz CT molecular complexity index is 1640. The number of aryl methyl sites for hydroxylation is 2. The van der Waals surface area contributed by atoms with Crippen molar-refractivity contribution in [3.05, 3.63) is 126 Å². The fourth-order valence-electron chi connectivity index (χ4n) is 5.05. The molecule has 0 saturated carbocycles. The molecule has 2 heterocycles.